The van der Waals surface area contributed by atoms with Crippen LogP contribution in [0, 0.1) is 11.6 Å². The zero-order chi connectivity index (χ0) is 15.5. The lowest BCUT2D eigenvalue weighted by Crippen LogP contribution is -2.19. The van der Waals surface area contributed by atoms with Crippen LogP contribution in [0.4, 0.5) is 8.78 Å². The number of rotatable bonds is 5. The second-order valence-electron chi connectivity index (χ2n) is 4.53. The van der Waals surface area contributed by atoms with Gasteiger partial charge in [-0.1, -0.05) is 24.3 Å². The summed E-state index contributed by atoms with van der Waals surface area (Å²) in [5.74, 6) is -2.69. The molecule has 0 unspecified atom stereocenters. The molecule has 2 aromatic rings. The Morgan fingerprint density at radius 2 is 1.57 bits per heavy atom. The molecule has 0 heterocycles. The third-order valence-electron chi connectivity index (χ3n) is 2.84. The first-order valence-corrected chi connectivity index (χ1v) is 7.77. The van der Waals surface area contributed by atoms with Gasteiger partial charge >= 0.3 is 0 Å². The lowest BCUT2D eigenvalue weighted by atomic mass is 10.1. The fourth-order valence-electron chi connectivity index (χ4n) is 1.87. The molecule has 2 aromatic carbocycles. The number of sulfone groups is 1. The largest absolute Gasteiger partial charge is 0.298 e. The number of Topliss-reactive ketones (excluding diaryl/α,β-unsaturated/α-hetero) is 1. The van der Waals surface area contributed by atoms with E-state index in [4.69, 9.17) is 0 Å². The molecular formula is C15H12F2O3S. The average Bonchev–Trinajstić information content (AvgIpc) is 2.41. The minimum absolute atomic E-state index is 0.145. The lowest BCUT2D eigenvalue weighted by molar-refractivity contribution is -0.116. The van der Waals surface area contributed by atoms with Gasteiger partial charge in [0.2, 0.25) is 0 Å². The van der Waals surface area contributed by atoms with Crippen LogP contribution in [-0.4, -0.2) is 20.0 Å². The van der Waals surface area contributed by atoms with Gasteiger partial charge in [-0.2, -0.15) is 0 Å². The topological polar surface area (TPSA) is 51.2 Å². The van der Waals surface area contributed by atoms with Crippen LogP contribution in [0.5, 0.6) is 0 Å². The number of halogens is 2. The van der Waals surface area contributed by atoms with Gasteiger partial charge in [0.15, 0.2) is 15.6 Å². The van der Waals surface area contributed by atoms with E-state index in [2.05, 4.69) is 0 Å². The molecule has 0 saturated carbocycles. The summed E-state index contributed by atoms with van der Waals surface area (Å²) >= 11 is 0. The third-order valence-corrected chi connectivity index (χ3v) is 4.54. The van der Waals surface area contributed by atoms with Crippen molar-refractivity contribution >= 4 is 15.6 Å². The standard InChI is InChI=1S/C15H12F2O3S/c16-12-7-5-11(6-8-12)9-13(18)10-21(19,20)15-4-2-1-3-14(15)17/h1-8H,9-10H2. The van der Waals surface area contributed by atoms with Crippen LogP contribution >= 0.6 is 0 Å². The Balaban J connectivity index is 2.12. The molecule has 0 atom stereocenters. The summed E-state index contributed by atoms with van der Waals surface area (Å²) < 4.78 is 50.2. The smallest absolute Gasteiger partial charge is 0.188 e. The zero-order valence-electron chi connectivity index (χ0n) is 10.9. The molecular weight excluding hydrogens is 298 g/mol. The SMILES string of the molecule is O=C(Cc1ccc(F)cc1)CS(=O)(=O)c1ccccc1F. The van der Waals surface area contributed by atoms with Crippen LogP contribution in [0.25, 0.3) is 0 Å². The normalized spacial score (nSPS) is 11.3. The zero-order valence-corrected chi connectivity index (χ0v) is 11.7. The number of carbonyl (C=O) groups excluding carboxylic acids is 1. The maximum atomic E-state index is 13.5. The molecule has 0 saturated heterocycles. The van der Waals surface area contributed by atoms with E-state index in [9.17, 15) is 22.0 Å². The van der Waals surface area contributed by atoms with E-state index < -0.39 is 37.9 Å². The maximum Gasteiger partial charge on any atom is 0.188 e. The summed E-state index contributed by atoms with van der Waals surface area (Å²) in [6.45, 7) is 0. The molecule has 21 heavy (non-hydrogen) atoms. The lowest BCUT2D eigenvalue weighted by Gasteiger charge is -2.05. The molecule has 0 spiro atoms. The van der Waals surface area contributed by atoms with Gasteiger partial charge in [0.25, 0.3) is 0 Å². The van der Waals surface area contributed by atoms with Crippen molar-refractivity contribution in [2.75, 3.05) is 5.75 Å². The molecule has 0 N–H and O–H groups in total. The summed E-state index contributed by atoms with van der Waals surface area (Å²) in [5, 5.41) is 0. The summed E-state index contributed by atoms with van der Waals surface area (Å²) in [6, 6.07) is 10.1. The highest BCUT2D eigenvalue weighted by Gasteiger charge is 2.22. The minimum Gasteiger partial charge on any atom is -0.298 e. The van der Waals surface area contributed by atoms with E-state index in [0.717, 1.165) is 12.1 Å². The first-order chi connectivity index (χ1) is 9.88. The van der Waals surface area contributed by atoms with E-state index in [-0.39, 0.29) is 6.42 Å². The highest BCUT2D eigenvalue weighted by atomic mass is 32.2. The summed E-state index contributed by atoms with van der Waals surface area (Å²) in [4.78, 5) is 11.3. The maximum absolute atomic E-state index is 13.5. The molecule has 0 aliphatic rings. The fourth-order valence-corrected chi connectivity index (χ4v) is 3.20. The molecule has 6 heteroatoms. The van der Waals surface area contributed by atoms with Gasteiger partial charge in [-0.05, 0) is 29.8 Å². The number of ketones is 1. The Morgan fingerprint density at radius 1 is 0.952 bits per heavy atom. The van der Waals surface area contributed by atoms with Crippen molar-refractivity contribution in [3.63, 3.8) is 0 Å². The number of carbonyl (C=O) groups is 1. The van der Waals surface area contributed by atoms with Crippen LogP contribution in [0.3, 0.4) is 0 Å². The van der Waals surface area contributed by atoms with Gasteiger partial charge in [-0.15, -0.1) is 0 Å². The van der Waals surface area contributed by atoms with Gasteiger partial charge in [0.1, 0.15) is 22.3 Å². The highest BCUT2D eigenvalue weighted by Crippen LogP contribution is 2.16. The number of benzene rings is 2. The van der Waals surface area contributed by atoms with Gasteiger partial charge in [0.05, 0.1) is 0 Å². The van der Waals surface area contributed by atoms with Crippen molar-refractivity contribution in [2.45, 2.75) is 11.3 Å². The Kier molecular flexibility index (Phi) is 4.47. The Hall–Kier alpha value is -2.08. The van der Waals surface area contributed by atoms with Crippen LogP contribution in [-0.2, 0) is 21.1 Å². The van der Waals surface area contributed by atoms with Crippen molar-refractivity contribution in [3.8, 4) is 0 Å². The van der Waals surface area contributed by atoms with E-state index in [1.165, 1.54) is 36.4 Å². The van der Waals surface area contributed by atoms with Crippen LogP contribution in [0.15, 0.2) is 53.4 Å². The summed E-state index contributed by atoms with van der Waals surface area (Å²) in [5.41, 5.74) is 0.505. The van der Waals surface area contributed by atoms with Crippen molar-refractivity contribution < 1.29 is 22.0 Å². The Bertz CT molecular complexity index is 753. The first kappa shape index (κ1) is 15.3. The molecule has 0 aromatic heterocycles. The van der Waals surface area contributed by atoms with Crippen LogP contribution in [0.1, 0.15) is 5.56 Å². The number of hydrogen-bond donors (Lipinski definition) is 0. The second-order valence-corrected chi connectivity index (χ2v) is 6.49. The molecule has 0 fully saturated rings. The number of hydrogen-bond acceptors (Lipinski definition) is 3. The Morgan fingerprint density at radius 3 is 2.19 bits per heavy atom. The quantitative estimate of drug-likeness (QED) is 0.853. The monoisotopic (exact) mass is 310 g/mol. The first-order valence-electron chi connectivity index (χ1n) is 6.12. The van der Waals surface area contributed by atoms with Crippen LogP contribution in [0.2, 0.25) is 0 Å². The van der Waals surface area contributed by atoms with Crippen molar-refractivity contribution in [1.29, 1.82) is 0 Å². The summed E-state index contributed by atoms with van der Waals surface area (Å²) in [6.07, 6.45) is -0.145. The van der Waals surface area contributed by atoms with E-state index in [1.807, 2.05) is 0 Å². The average molecular weight is 310 g/mol. The molecule has 0 aliphatic carbocycles. The van der Waals surface area contributed by atoms with Crippen molar-refractivity contribution in [3.05, 3.63) is 65.7 Å². The minimum atomic E-state index is -4.02. The van der Waals surface area contributed by atoms with Crippen LogP contribution < -0.4 is 0 Å². The predicted molar refractivity (Wildman–Crippen MR) is 73.6 cm³/mol. The molecule has 0 bridgehead atoms. The van der Waals surface area contributed by atoms with Gasteiger partial charge in [-0.25, -0.2) is 17.2 Å². The van der Waals surface area contributed by atoms with E-state index in [1.54, 1.807) is 0 Å². The van der Waals surface area contributed by atoms with Crippen molar-refractivity contribution in [2.24, 2.45) is 0 Å². The van der Waals surface area contributed by atoms with Gasteiger partial charge < -0.3 is 0 Å². The molecule has 0 amide bonds. The summed E-state index contributed by atoms with van der Waals surface area (Å²) in [7, 11) is -4.02. The van der Waals surface area contributed by atoms with Gasteiger partial charge in [0, 0.05) is 6.42 Å². The molecule has 110 valence electrons. The fraction of sp³-hybridized carbons (Fsp3) is 0.133. The molecule has 3 nitrogen and oxygen atoms in total. The van der Waals surface area contributed by atoms with Crippen molar-refractivity contribution in [1.82, 2.24) is 0 Å². The molecule has 2 rings (SSSR count). The van der Waals surface area contributed by atoms with Gasteiger partial charge in [-0.3, -0.25) is 4.79 Å². The third kappa shape index (κ3) is 3.95. The highest BCUT2D eigenvalue weighted by molar-refractivity contribution is 7.92. The Labute approximate surface area is 121 Å². The predicted octanol–water partition coefficient (Wildman–Crippen LogP) is 2.55. The van der Waals surface area contributed by atoms with E-state index in [0.29, 0.717) is 5.56 Å². The van der Waals surface area contributed by atoms with E-state index >= 15 is 0 Å². The second kappa shape index (κ2) is 6.13. The molecule has 0 aliphatic heterocycles. The molecule has 0 radical (unpaired) electrons.